The van der Waals surface area contributed by atoms with Crippen molar-refractivity contribution in [2.45, 2.75) is 0 Å². The molecule has 0 aliphatic heterocycles. The molecule has 0 rings (SSSR count). The van der Waals surface area contributed by atoms with E-state index in [9.17, 15) is 0 Å². The fourth-order valence-corrected chi connectivity index (χ4v) is 0. The van der Waals surface area contributed by atoms with Crippen molar-refractivity contribution in [3.05, 3.63) is 0 Å². The molecule has 6 heteroatoms. The standard InChI is InChI=1S/Fe.H2NO3P/c;1-4-5(2)3/h;1H2/q+2;-2. The summed E-state index contributed by atoms with van der Waals surface area (Å²) in [7, 11) is -2.82. The largest absolute Gasteiger partial charge is 2.00 e. The molecule has 0 amide bonds. The van der Waals surface area contributed by atoms with Gasteiger partial charge >= 0.3 is 17.1 Å². The van der Waals surface area contributed by atoms with Gasteiger partial charge < -0.3 is 14.4 Å². The van der Waals surface area contributed by atoms with Crippen LogP contribution in [0, 0.1) is 0 Å². The summed E-state index contributed by atoms with van der Waals surface area (Å²) in [6, 6.07) is 0. The monoisotopic (exact) mass is 151 g/mol. The number of rotatable bonds is 1. The third-order valence-electron chi connectivity index (χ3n) is 0.0861. The minimum Gasteiger partial charge on any atom is -0.819 e. The Labute approximate surface area is 46.7 Å². The van der Waals surface area contributed by atoms with E-state index in [1.165, 1.54) is 0 Å². The Balaban J connectivity index is 0. The van der Waals surface area contributed by atoms with Crippen LogP contribution in [0.3, 0.4) is 0 Å². The van der Waals surface area contributed by atoms with E-state index in [0.29, 0.717) is 0 Å². The zero-order valence-electron chi connectivity index (χ0n) is 2.60. The van der Waals surface area contributed by atoms with Gasteiger partial charge in [0.05, 0.1) is 0 Å². The molecule has 0 saturated heterocycles. The van der Waals surface area contributed by atoms with E-state index < -0.39 is 8.60 Å². The van der Waals surface area contributed by atoms with E-state index in [1.54, 1.807) is 0 Å². The van der Waals surface area contributed by atoms with Gasteiger partial charge in [-0.2, -0.15) is 0 Å². The maximum Gasteiger partial charge on any atom is 2.00 e. The normalized spacial score (nSPS) is 8.00. The van der Waals surface area contributed by atoms with E-state index >= 15 is 0 Å². The molecular formula is H2FeNO3P. The van der Waals surface area contributed by atoms with Crippen molar-refractivity contribution in [2.75, 3.05) is 0 Å². The Morgan fingerprint density at radius 2 is 1.67 bits per heavy atom. The first-order valence-corrected chi connectivity index (χ1v) is 1.88. The molecule has 0 bridgehead atoms. The molecule has 0 saturated carbocycles. The van der Waals surface area contributed by atoms with Crippen molar-refractivity contribution < 1.29 is 31.5 Å². The summed E-state index contributed by atoms with van der Waals surface area (Å²) in [6.45, 7) is 0. The van der Waals surface area contributed by atoms with Gasteiger partial charge in [-0.3, -0.25) is 0 Å². The van der Waals surface area contributed by atoms with Gasteiger partial charge in [0.2, 0.25) is 0 Å². The van der Waals surface area contributed by atoms with Gasteiger partial charge in [-0.15, -0.1) is 8.60 Å². The Morgan fingerprint density at radius 1 is 1.50 bits per heavy atom. The van der Waals surface area contributed by atoms with Crippen LogP contribution < -0.4 is 15.7 Å². The Morgan fingerprint density at radius 3 is 1.67 bits per heavy atom. The fraction of sp³-hybridized carbons (Fsp3) is 0. The molecule has 6 heavy (non-hydrogen) atoms. The molecule has 0 atom stereocenters. The summed E-state index contributed by atoms with van der Waals surface area (Å²) in [4.78, 5) is 18.1. The third-order valence-corrected chi connectivity index (χ3v) is 0.258. The molecule has 4 nitrogen and oxygen atoms in total. The zero-order chi connectivity index (χ0) is 4.28. The van der Waals surface area contributed by atoms with Crippen LogP contribution in [0.2, 0.25) is 0 Å². The van der Waals surface area contributed by atoms with Crippen LogP contribution in [0.5, 0.6) is 0 Å². The molecule has 0 fully saturated rings. The van der Waals surface area contributed by atoms with Crippen LogP contribution in [-0.4, -0.2) is 0 Å². The Kier molecular flexibility index (Phi) is 9.57. The second kappa shape index (κ2) is 5.79. The van der Waals surface area contributed by atoms with Gasteiger partial charge in [-0.1, -0.05) is 0 Å². The van der Waals surface area contributed by atoms with Gasteiger partial charge in [0.1, 0.15) is 0 Å². The Hall–Kier alpha value is 0.789. The fourth-order valence-electron chi connectivity index (χ4n) is 0. The van der Waals surface area contributed by atoms with Gasteiger partial charge in [0.15, 0.2) is 0 Å². The summed E-state index contributed by atoms with van der Waals surface area (Å²) >= 11 is 0. The van der Waals surface area contributed by atoms with Crippen LogP contribution in [-0.2, 0) is 21.7 Å². The third kappa shape index (κ3) is 8.84. The van der Waals surface area contributed by atoms with E-state index in [4.69, 9.17) is 9.79 Å². The van der Waals surface area contributed by atoms with E-state index in [0.717, 1.165) is 0 Å². The molecular weight excluding hydrogens is 149 g/mol. The first-order valence-electron chi connectivity index (χ1n) is 0.783. The minimum atomic E-state index is -2.82. The zero-order valence-corrected chi connectivity index (χ0v) is 4.60. The first kappa shape index (κ1) is 9.92. The van der Waals surface area contributed by atoms with Crippen molar-refractivity contribution in [2.24, 2.45) is 5.90 Å². The molecule has 0 aromatic heterocycles. The second-order valence-corrected chi connectivity index (χ2v) is 0.987. The van der Waals surface area contributed by atoms with E-state index in [-0.39, 0.29) is 17.1 Å². The van der Waals surface area contributed by atoms with Crippen LogP contribution in [0.15, 0.2) is 0 Å². The summed E-state index contributed by atoms with van der Waals surface area (Å²) < 4.78 is 3.20. The summed E-state index contributed by atoms with van der Waals surface area (Å²) in [5.41, 5.74) is 0. The Bertz CT molecular complexity index is 24.8. The van der Waals surface area contributed by atoms with Crippen molar-refractivity contribution in [1.29, 1.82) is 0 Å². The van der Waals surface area contributed by atoms with Crippen LogP contribution in [0.25, 0.3) is 0 Å². The summed E-state index contributed by atoms with van der Waals surface area (Å²) in [5, 5.41) is 0. The topological polar surface area (TPSA) is 81.4 Å². The molecule has 38 valence electrons. The predicted molar refractivity (Wildman–Crippen MR) is 12.2 cm³/mol. The van der Waals surface area contributed by atoms with Crippen molar-refractivity contribution in [3.8, 4) is 0 Å². The van der Waals surface area contributed by atoms with Crippen molar-refractivity contribution in [1.82, 2.24) is 0 Å². The molecule has 0 aliphatic carbocycles. The van der Waals surface area contributed by atoms with E-state index in [1.807, 2.05) is 0 Å². The maximum atomic E-state index is 9.06. The molecule has 0 aromatic rings. The van der Waals surface area contributed by atoms with Gasteiger partial charge in [0, 0.05) is 0 Å². The number of nitrogens with two attached hydrogens (primary N) is 1. The quantitative estimate of drug-likeness (QED) is 0.262. The molecule has 0 spiro atoms. The van der Waals surface area contributed by atoms with Crippen LogP contribution in [0.1, 0.15) is 0 Å². The van der Waals surface area contributed by atoms with Crippen LogP contribution in [0.4, 0.5) is 0 Å². The first-order chi connectivity index (χ1) is 2.27. The molecule has 0 unspecified atom stereocenters. The van der Waals surface area contributed by atoms with E-state index in [2.05, 4.69) is 10.5 Å². The molecule has 0 heterocycles. The smallest absolute Gasteiger partial charge is 0.819 e. The second-order valence-electron chi connectivity index (χ2n) is 0.329. The minimum absolute atomic E-state index is 0. The number of hydrogen-bond acceptors (Lipinski definition) is 4. The maximum absolute atomic E-state index is 9.06. The van der Waals surface area contributed by atoms with Gasteiger partial charge in [0.25, 0.3) is 0 Å². The summed E-state index contributed by atoms with van der Waals surface area (Å²) in [6.07, 6.45) is 0. The molecule has 0 aliphatic rings. The average Bonchev–Trinajstić information content (AvgIpc) is 1.38. The molecule has 2 N–H and O–H groups in total. The SMILES string of the molecule is NOP([O-])[O-].[Fe+2]. The van der Waals surface area contributed by atoms with Crippen molar-refractivity contribution in [3.63, 3.8) is 0 Å². The summed E-state index contributed by atoms with van der Waals surface area (Å²) in [5.74, 6) is 4.08. The van der Waals surface area contributed by atoms with Crippen molar-refractivity contribution >= 4 is 8.60 Å². The molecule has 0 radical (unpaired) electrons. The van der Waals surface area contributed by atoms with Crippen LogP contribution >= 0.6 is 8.60 Å². The predicted octanol–water partition coefficient (Wildman–Crippen LogP) is -2.18. The van der Waals surface area contributed by atoms with Gasteiger partial charge in [-0.25, -0.2) is 5.90 Å². The average molecular weight is 151 g/mol. The number of hydrogen-bond donors (Lipinski definition) is 1. The van der Waals surface area contributed by atoms with Gasteiger partial charge in [-0.05, 0) is 0 Å². The molecule has 0 aromatic carbocycles.